The summed E-state index contributed by atoms with van der Waals surface area (Å²) < 4.78 is 1.19. The maximum atomic E-state index is 12.0. The monoisotopic (exact) mass is 313 g/mol. The molecule has 0 atom stereocenters. The van der Waals surface area contributed by atoms with Crippen molar-refractivity contribution in [3.05, 3.63) is 45.6 Å². The zero-order valence-electron chi connectivity index (χ0n) is 8.37. The molecule has 15 heavy (non-hydrogen) atoms. The van der Waals surface area contributed by atoms with Crippen LogP contribution in [0.5, 0.6) is 0 Å². The van der Waals surface area contributed by atoms with Gasteiger partial charge in [0.15, 0.2) is 0 Å². The van der Waals surface area contributed by atoms with Crippen LogP contribution in [0.2, 0.25) is 0 Å². The van der Waals surface area contributed by atoms with Gasteiger partial charge in [-0.25, -0.2) is 0 Å². The highest BCUT2D eigenvalue weighted by Gasteiger charge is 2.22. The fourth-order valence-electron chi connectivity index (χ4n) is 1.84. The van der Waals surface area contributed by atoms with Crippen LogP contribution in [-0.2, 0) is 6.42 Å². The summed E-state index contributed by atoms with van der Waals surface area (Å²) in [6, 6.07) is 6.00. The second-order valence-electron chi connectivity index (χ2n) is 3.59. The Balaban J connectivity index is 2.34. The first-order valence-electron chi connectivity index (χ1n) is 4.91. The molecule has 1 aromatic rings. The molecule has 0 saturated carbocycles. The Kier molecular flexibility index (Phi) is 3.09. The number of carbonyl (C=O) groups excluding carboxylic acids is 1. The molecule has 1 aliphatic heterocycles. The third-order valence-electron chi connectivity index (χ3n) is 2.59. The molecule has 0 bridgehead atoms. The van der Waals surface area contributed by atoms with E-state index in [1.165, 1.54) is 9.13 Å². The lowest BCUT2D eigenvalue weighted by Gasteiger charge is -2.27. The summed E-state index contributed by atoms with van der Waals surface area (Å²) in [5, 5.41) is 0. The van der Waals surface area contributed by atoms with Crippen molar-refractivity contribution in [2.75, 3.05) is 13.1 Å². The largest absolute Gasteiger partial charge is 0.335 e. The number of rotatable bonds is 2. The first-order chi connectivity index (χ1) is 7.22. The van der Waals surface area contributed by atoms with Gasteiger partial charge in [-0.15, -0.1) is 6.58 Å². The molecule has 2 rings (SSSR count). The highest BCUT2D eigenvalue weighted by Crippen LogP contribution is 2.21. The predicted molar refractivity (Wildman–Crippen MR) is 69.0 cm³/mol. The second-order valence-corrected chi connectivity index (χ2v) is 4.84. The van der Waals surface area contributed by atoms with Crippen LogP contribution in [0.1, 0.15) is 15.9 Å². The maximum Gasteiger partial charge on any atom is 0.254 e. The molecule has 1 amide bonds. The lowest BCUT2D eigenvalue weighted by Crippen LogP contribution is -2.37. The Morgan fingerprint density at radius 1 is 1.53 bits per heavy atom. The van der Waals surface area contributed by atoms with Crippen LogP contribution in [-0.4, -0.2) is 23.9 Å². The van der Waals surface area contributed by atoms with Crippen molar-refractivity contribution in [3.8, 4) is 0 Å². The minimum Gasteiger partial charge on any atom is -0.335 e. The molecule has 0 fully saturated rings. The van der Waals surface area contributed by atoms with E-state index in [-0.39, 0.29) is 5.91 Å². The number of halogens is 1. The van der Waals surface area contributed by atoms with Gasteiger partial charge >= 0.3 is 0 Å². The molecule has 0 spiro atoms. The van der Waals surface area contributed by atoms with E-state index in [1.807, 2.05) is 17.0 Å². The first kappa shape index (κ1) is 10.7. The van der Waals surface area contributed by atoms with Crippen LogP contribution in [0.15, 0.2) is 30.9 Å². The second kappa shape index (κ2) is 4.35. The molecule has 0 N–H and O–H groups in total. The fraction of sp³-hybridized carbons (Fsp3) is 0.250. The quantitative estimate of drug-likeness (QED) is 0.607. The summed E-state index contributed by atoms with van der Waals surface area (Å²) >= 11 is 2.27. The van der Waals surface area contributed by atoms with E-state index in [4.69, 9.17) is 0 Å². The van der Waals surface area contributed by atoms with Crippen molar-refractivity contribution in [3.63, 3.8) is 0 Å². The van der Waals surface area contributed by atoms with Crippen LogP contribution in [0, 0.1) is 3.57 Å². The summed E-state index contributed by atoms with van der Waals surface area (Å²) in [4.78, 5) is 13.8. The predicted octanol–water partition coefficient (Wildman–Crippen LogP) is 2.48. The molecule has 1 aromatic carbocycles. The van der Waals surface area contributed by atoms with Crippen molar-refractivity contribution >= 4 is 28.5 Å². The number of amides is 1. The van der Waals surface area contributed by atoms with Crippen LogP contribution in [0.25, 0.3) is 0 Å². The van der Waals surface area contributed by atoms with Crippen LogP contribution < -0.4 is 0 Å². The van der Waals surface area contributed by atoms with Gasteiger partial charge in [0.25, 0.3) is 5.91 Å². The lowest BCUT2D eigenvalue weighted by atomic mass is 9.99. The number of hydrogen-bond acceptors (Lipinski definition) is 1. The number of carbonyl (C=O) groups is 1. The molecule has 1 heterocycles. The van der Waals surface area contributed by atoms with E-state index in [2.05, 4.69) is 35.2 Å². The standard InChI is InChI=1S/C12H12INO/c1-2-6-14-7-5-9-8-10(13)3-4-11(9)12(14)15/h2-4,8H,1,5-7H2. The minimum atomic E-state index is 0.132. The number of hydrogen-bond donors (Lipinski definition) is 0. The Hall–Kier alpha value is -0.840. The Labute approximate surface area is 103 Å². The van der Waals surface area contributed by atoms with Crippen LogP contribution in [0.4, 0.5) is 0 Å². The van der Waals surface area contributed by atoms with E-state index in [9.17, 15) is 4.79 Å². The third-order valence-corrected chi connectivity index (χ3v) is 3.26. The van der Waals surface area contributed by atoms with Gasteiger partial charge in [0.2, 0.25) is 0 Å². The van der Waals surface area contributed by atoms with Gasteiger partial charge in [0.05, 0.1) is 0 Å². The summed E-state index contributed by atoms with van der Waals surface area (Å²) in [5.74, 6) is 0.132. The summed E-state index contributed by atoms with van der Waals surface area (Å²) in [7, 11) is 0. The zero-order valence-corrected chi connectivity index (χ0v) is 10.5. The lowest BCUT2D eigenvalue weighted by molar-refractivity contribution is 0.0759. The van der Waals surface area contributed by atoms with E-state index in [1.54, 1.807) is 6.08 Å². The van der Waals surface area contributed by atoms with E-state index < -0.39 is 0 Å². The summed E-state index contributed by atoms with van der Waals surface area (Å²) in [5.41, 5.74) is 2.02. The molecular weight excluding hydrogens is 301 g/mol. The van der Waals surface area contributed by atoms with Crippen molar-refractivity contribution < 1.29 is 4.79 Å². The average molecular weight is 313 g/mol. The highest BCUT2D eigenvalue weighted by atomic mass is 127. The molecule has 1 aliphatic rings. The number of fused-ring (bicyclic) bond motifs is 1. The number of benzene rings is 1. The van der Waals surface area contributed by atoms with Crippen molar-refractivity contribution in [1.82, 2.24) is 4.90 Å². The fourth-order valence-corrected chi connectivity index (χ4v) is 2.39. The third kappa shape index (κ3) is 2.07. The Morgan fingerprint density at radius 3 is 3.07 bits per heavy atom. The topological polar surface area (TPSA) is 20.3 Å². The minimum absolute atomic E-state index is 0.132. The van der Waals surface area contributed by atoms with Crippen LogP contribution in [0.3, 0.4) is 0 Å². The first-order valence-corrected chi connectivity index (χ1v) is 5.99. The van der Waals surface area contributed by atoms with E-state index in [0.29, 0.717) is 6.54 Å². The van der Waals surface area contributed by atoms with Gasteiger partial charge in [-0.05, 0) is 52.8 Å². The Morgan fingerprint density at radius 2 is 2.33 bits per heavy atom. The molecule has 0 saturated heterocycles. The smallest absolute Gasteiger partial charge is 0.254 e. The van der Waals surface area contributed by atoms with Gasteiger partial charge in [0.1, 0.15) is 0 Å². The average Bonchev–Trinajstić information content (AvgIpc) is 2.22. The molecule has 0 aliphatic carbocycles. The maximum absolute atomic E-state index is 12.0. The molecule has 0 unspecified atom stereocenters. The van der Waals surface area contributed by atoms with E-state index in [0.717, 1.165) is 18.5 Å². The molecule has 78 valence electrons. The van der Waals surface area contributed by atoms with Crippen molar-refractivity contribution in [2.45, 2.75) is 6.42 Å². The SMILES string of the molecule is C=CCN1CCc2cc(I)ccc2C1=O. The van der Waals surface area contributed by atoms with Crippen molar-refractivity contribution in [1.29, 1.82) is 0 Å². The summed E-state index contributed by atoms with van der Waals surface area (Å²) in [6.45, 7) is 5.11. The molecule has 2 nitrogen and oxygen atoms in total. The normalized spacial score (nSPS) is 15.0. The molecule has 3 heteroatoms. The summed E-state index contributed by atoms with van der Waals surface area (Å²) in [6.07, 6.45) is 2.72. The molecule has 0 radical (unpaired) electrons. The zero-order chi connectivity index (χ0) is 10.8. The molecule has 0 aromatic heterocycles. The van der Waals surface area contributed by atoms with Gasteiger partial charge in [-0.1, -0.05) is 6.08 Å². The number of nitrogens with zero attached hydrogens (tertiary/aromatic N) is 1. The van der Waals surface area contributed by atoms with E-state index >= 15 is 0 Å². The van der Waals surface area contributed by atoms with Gasteiger partial charge in [0, 0.05) is 22.2 Å². The van der Waals surface area contributed by atoms with Gasteiger partial charge in [-0.3, -0.25) is 4.79 Å². The van der Waals surface area contributed by atoms with Gasteiger partial charge in [-0.2, -0.15) is 0 Å². The molecular formula is C12H12INO. The Bertz CT molecular complexity index is 414. The van der Waals surface area contributed by atoms with Gasteiger partial charge < -0.3 is 4.90 Å². The van der Waals surface area contributed by atoms with Crippen molar-refractivity contribution in [2.24, 2.45) is 0 Å². The highest BCUT2D eigenvalue weighted by molar-refractivity contribution is 14.1. The van der Waals surface area contributed by atoms with Crippen LogP contribution >= 0.6 is 22.6 Å².